The second-order valence-electron chi connectivity index (χ2n) is 7.11. The SMILES string of the molecule is C=CCN1c2cc(OC)c(OC)cc2C(C)=C(C(=O)N[C@@H](C)c2ccccc2)S1(=O)=O. The summed E-state index contributed by atoms with van der Waals surface area (Å²) >= 11 is 0. The van der Waals surface area contributed by atoms with Crippen LogP contribution in [0, 0.1) is 0 Å². The fourth-order valence-electron chi connectivity index (χ4n) is 3.62. The van der Waals surface area contributed by atoms with Crippen molar-refractivity contribution >= 4 is 27.2 Å². The van der Waals surface area contributed by atoms with Gasteiger partial charge in [0, 0.05) is 11.6 Å². The summed E-state index contributed by atoms with van der Waals surface area (Å²) in [4.78, 5) is 12.9. The summed E-state index contributed by atoms with van der Waals surface area (Å²) in [7, 11) is -1.15. The van der Waals surface area contributed by atoms with Gasteiger partial charge in [-0.05, 0) is 31.1 Å². The molecule has 1 aliphatic heterocycles. The van der Waals surface area contributed by atoms with Crippen molar-refractivity contribution in [1.29, 1.82) is 0 Å². The molecule has 164 valence electrons. The zero-order valence-corrected chi connectivity index (χ0v) is 18.8. The fourth-order valence-corrected chi connectivity index (χ4v) is 5.34. The average molecular weight is 443 g/mol. The van der Waals surface area contributed by atoms with E-state index in [-0.39, 0.29) is 17.5 Å². The molecular weight excluding hydrogens is 416 g/mol. The van der Waals surface area contributed by atoms with E-state index in [2.05, 4.69) is 11.9 Å². The third-order valence-electron chi connectivity index (χ3n) is 5.21. The standard InChI is InChI=1S/C23H26N2O5S/c1-6-12-25-19-14-21(30-5)20(29-4)13-18(19)15(2)22(31(25,27)28)23(26)24-16(3)17-10-8-7-9-11-17/h6-11,13-14,16H,1,12H2,2-5H3,(H,24,26)/t16-/m0/s1. The number of carbonyl (C=O) groups is 1. The number of methoxy groups -OCH3 is 2. The first-order valence-corrected chi connectivity index (χ1v) is 11.2. The quantitative estimate of drug-likeness (QED) is 0.662. The Morgan fingerprint density at radius 1 is 1.16 bits per heavy atom. The molecule has 2 aromatic carbocycles. The Bertz CT molecular complexity index is 1140. The highest BCUT2D eigenvalue weighted by Crippen LogP contribution is 2.44. The largest absolute Gasteiger partial charge is 0.493 e. The highest BCUT2D eigenvalue weighted by Gasteiger charge is 2.40. The van der Waals surface area contributed by atoms with Crippen molar-refractivity contribution in [3.63, 3.8) is 0 Å². The van der Waals surface area contributed by atoms with Crippen LogP contribution in [0.5, 0.6) is 11.5 Å². The molecule has 1 aliphatic rings. The van der Waals surface area contributed by atoms with Crippen LogP contribution in [-0.2, 0) is 14.8 Å². The maximum Gasteiger partial charge on any atom is 0.270 e. The Morgan fingerprint density at radius 3 is 2.35 bits per heavy atom. The van der Waals surface area contributed by atoms with E-state index in [0.29, 0.717) is 28.3 Å². The smallest absolute Gasteiger partial charge is 0.270 e. The number of nitrogens with one attached hydrogen (secondary N) is 1. The summed E-state index contributed by atoms with van der Waals surface area (Å²) in [6.45, 7) is 7.10. The first kappa shape index (κ1) is 22.4. The van der Waals surface area contributed by atoms with Gasteiger partial charge in [0.15, 0.2) is 16.4 Å². The predicted molar refractivity (Wildman–Crippen MR) is 122 cm³/mol. The molecule has 1 atom stereocenters. The molecule has 8 heteroatoms. The molecule has 0 unspecified atom stereocenters. The molecule has 0 radical (unpaired) electrons. The number of carbonyl (C=O) groups excluding carboxylic acids is 1. The van der Waals surface area contributed by atoms with Crippen LogP contribution >= 0.6 is 0 Å². The summed E-state index contributed by atoms with van der Waals surface area (Å²) < 4.78 is 38.8. The van der Waals surface area contributed by atoms with E-state index in [1.54, 1.807) is 19.1 Å². The van der Waals surface area contributed by atoms with E-state index in [9.17, 15) is 13.2 Å². The molecule has 0 saturated carbocycles. The molecule has 7 nitrogen and oxygen atoms in total. The van der Waals surface area contributed by atoms with E-state index < -0.39 is 15.9 Å². The van der Waals surface area contributed by atoms with Crippen LogP contribution < -0.4 is 19.1 Å². The lowest BCUT2D eigenvalue weighted by Crippen LogP contribution is -2.41. The van der Waals surface area contributed by atoms with Gasteiger partial charge >= 0.3 is 0 Å². The second kappa shape index (κ2) is 8.85. The number of anilines is 1. The number of ether oxygens (including phenoxy) is 2. The molecule has 2 aromatic rings. The first-order valence-electron chi connectivity index (χ1n) is 9.73. The molecule has 31 heavy (non-hydrogen) atoms. The van der Waals surface area contributed by atoms with Crippen LogP contribution in [0.3, 0.4) is 0 Å². The van der Waals surface area contributed by atoms with Crippen LogP contribution in [0.2, 0.25) is 0 Å². The molecule has 0 aliphatic carbocycles. The van der Waals surface area contributed by atoms with Crippen molar-refractivity contribution in [2.24, 2.45) is 0 Å². The maximum atomic E-state index is 13.5. The van der Waals surface area contributed by atoms with Crippen molar-refractivity contribution in [1.82, 2.24) is 5.32 Å². The number of sulfonamides is 1. The molecule has 0 spiro atoms. The zero-order chi connectivity index (χ0) is 22.8. The molecule has 3 rings (SSSR count). The van der Waals surface area contributed by atoms with E-state index >= 15 is 0 Å². The Kier molecular flexibility index (Phi) is 6.40. The summed E-state index contributed by atoms with van der Waals surface area (Å²) in [5.41, 5.74) is 2.20. The third-order valence-corrected chi connectivity index (χ3v) is 7.15. The number of hydrogen-bond acceptors (Lipinski definition) is 5. The van der Waals surface area contributed by atoms with Crippen LogP contribution in [-0.4, -0.2) is 35.1 Å². The van der Waals surface area contributed by atoms with Crippen LogP contribution in [0.15, 0.2) is 60.0 Å². The van der Waals surface area contributed by atoms with Gasteiger partial charge in [0.2, 0.25) is 0 Å². The van der Waals surface area contributed by atoms with Crippen molar-refractivity contribution in [2.45, 2.75) is 19.9 Å². The van der Waals surface area contributed by atoms with E-state index in [1.807, 2.05) is 37.3 Å². The second-order valence-corrected chi connectivity index (χ2v) is 8.91. The summed E-state index contributed by atoms with van der Waals surface area (Å²) in [5.74, 6) is 0.170. The van der Waals surface area contributed by atoms with E-state index in [1.165, 1.54) is 20.3 Å². The van der Waals surface area contributed by atoms with Gasteiger partial charge in [0.1, 0.15) is 0 Å². The van der Waals surface area contributed by atoms with Gasteiger partial charge in [-0.15, -0.1) is 6.58 Å². The van der Waals surface area contributed by atoms with E-state index in [4.69, 9.17) is 9.47 Å². The molecule has 1 amide bonds. The van der Waals surface area contributed by atoms with Gasteiger partial charge in [-0.3, -0.25) is 9.10 Å². The Balaban J connectivity index is 2.14. The van der Waals surface area contributed by atoms with Crippen molar-refractivity contribution in [2.75, 3.05) is 25.1 Å². The van der Waals surface area contributed by atoms with Crippen molar-refractivity contribution in [3.8, 4) is 11.5 Å². The van der Waals surface area contributed by atoms with Gasteiger partial charge in [-0.2, -0.15) is 0 Å². The summed E-state index contributed by atoms with van der Waals surface area (Å²) in [6, 6.07) is 12.3. The fraction of sp³-hybridized carbons (Fsp3) is 0.261. The zero-order valence-electron chi connectivity index (χ0n) is 18.0. The lowest BCUT2D eigenvalue weighted by molar-refractivity contribution is -0.117. The maximum absolute atomic E-state index is 13.5. The molecule has 0 fully saturated rings. The molecular formula is C23H26N2O5S. The average Bonchev–Trinajstić information content (AvgIpc) is 2.76. The molecule has 1 heterocycles. The van der Waals surface area contributed by atoms with Gasteiger partial charge in [0.05, 0.1) is 32.5 Å². The minimum Gasteiger partial charge on any atom is -0.493 e. The van der Waals surface area contributed by atoms with Gasteiger partial charge in [-0.25, -0.2) is 8.42 Å². The number of hydrogen-bond donors (Lipinski definition) is 1. The number of fused-ring (bicyclic) bond motifs is 1. The minimum absolute atomic E-state index is 0.00309. The lowest BCUT2D eigenvalue weighted by Gasteiger charge is -2.32. The Morgan fingerprint density at radius 2 is 1.77 bits per heavy atom. The highest BCUT2D eigenvalue weighted by atomic mass is 32.2. The van der Waals surface area contributed by atoms with Gasteiger partial charge < -0.3 is 14.8 Å². The topological polar surface area (TPSA) is 84.9 Å². The third kappa shape index (κ3) is 4.03. The van der Waals surface area contributed by atoms with Gasteiger partial charge in [0.25, 0.3) is 15.9 Å². The number of benzene rings is 2. The normalized spacial score (nSPS) is 15.7. The van der Waals surface area contributed by atoms with Gasteiger partial charge in [-0.1, -0.05) is 36.4 Å². The predicted octanol–water partition coefficient (Wildman–Crippen LogP) is 3.65. The Labute approximate surface area is 183 Å². The molecule has 1 N–H and O–H groups in total. The van der Waals surface area contributed by atoms with Crippen molar-refractivity contribution < 1.29 is 22.7 Å². The number of nitrogens with zero attached hydrogens (tertiary/aromatic N) is 1. The molecule has 0 aromatic heterocycles. The highest BCUT2D eigenvalue weighted by molar-refractivity contribution is 7.97. The van der Waals surface area contributed by atoms with Crippen molar-refractivity contribution in [3.05, 3.63) is 71.2 Å². The minimum atomic E-state index is -4.13. The summed E-state index contributed by atoms with van der Waals surface area (Å²) in [5, 5.41) is 2.81. The van der Waals surface area contributed by atoms with Crippen LogP contribution in [0.25, 0.3) is 5.57 Å². The number of rotatable bonds is 7. The summed E-state index contributed by atoms with van der Waals surface area (Å²) in [6.07, 6.45) is 1.47. The monoisotopic (exact) mass is 442 g/mol. The van der Waals surface area contributed by atoms with E-state index in [0.717, 1.165) is 9.87 Å². The van der Waals surface area contributed by atoms with Crippen LogP contribution in [0.4, 0.5) is 5.69 Å². The molecule has 0 bridgehead atoms. The van der Waals surface area contributed by atoms with Crippen LogP contribution in [0.1, 0.15) is 31.0 Å². The number of allylic oxidation sites excluding steroid dienone is 1. The Hall–Kier alpha value is -3.26. The number of amides is 1. The first-order chi connectivity index (χ1) is 14.8. The lowest BCUT2D eigenvalue weighted by atomic mass is 10.0. The molecule has 0 saturated heterocycles.